The third-order valence-corrected chi connectivity index (χ3v) is 2.89. The number of aryl methyl sites for hydroxylation is 1. The van der Waals surface area contributed by atoms with Crippen molar-refractivity contribution in [1.82, 2.24) is 4.98 Å². The van der Waals surface area contributed by atoms with Gasteiger partial charge in [0.2, 0.25) is 0 Å². The van der Waals surface area contributed by atoms with Gasteiger partial charge in [-0.05, 0) is 35.7 Å². The van der Waals surface area contributed by atoms with Crippen LogP contribution < -0.4 is 5.73 Å². The second-order valence-corrected chi connectivity index (χ2v) is 4.20. The van der Waals surface area contributed by atoms with Crippen molar-refractivity contribution in [3.63, 3.8) is 0 Å². The first-order chi connectivity index (χ1) is 8.91. The minimum Gasteiger partial charge on any atom is -0.384 e. The van der Waals surface area contributed by atoms with Gasteiger partial charge in [-0.2, -0.15) is 13.2 Å². The largest absolute Gasteiger partial charge is 0.416 e. The number of nitrogens with two attached hydrogens (primary N) is 1. The zero-order valence-corrected chi connectivity index (χ0v) is 10.3. The minimum atomic E-state index is -4.34. The summed E-state index contributed by atoms with van der Waals surface area (Å²) in [7, 11) is 0. The molecule has 0 aliphatic heterocycles. The number of pyridine rings is 1. The number of halogens is 3. The van der Waals surface area contributed by atoms with Crippen LogP contribution in [-0.4, -0.2) is 4.98 Å². The lowest BCUT2D eigenvalue weighted by Gasteiger charge is -2.11. The molecule has 0 aliphatic rings. The van der Waals surface area contributed by atoms with E-state index in [2.05, 4.69) is 4.98 Å². The van der Waals surface area contributed by atoms with Crippen molar-refractivity contribution in [2.45, 2.75) is 19.5 Å². The maximum atomic E-state index is 12.7. The highest BCUT2D eigenvalue weighted by Gasteiger charge is 2.30. The Bertz CT molecular complexity index is 591. The Labute approximate surface area is 109 Å². The lowest BCUT2D eigenvalue weighted by Crippen LogP contribution is -2.05. The molecular weight excluding hydrogens is 253 g/mol. The number of nitrogen functional groups attached to an aromatic ring is 1. The van der Waals surface area contributed by atoms with E-state index in [1.54, 1.807) is 12.1 Å². The fourth-order valence-corrected chi connectivity index (χ4v) is 1.93. The summed E-state index contributed by atoms with van der Waals surface area (Å²) >= 11 is 0. The fraction of sp³-hybridized carbons (Fsp3) is 0.214. The van der Waals surface area contributed by atoms with Gasteiger partial charge in [0.15, 0.2) is 0 Å². The Balaban J connectivity index is 2.53. The van der Waals surface area contributed by atoms with Crippen LogP contribution in [-0.2, 0) is 12.6 Å². The number of nitrogens with zero attached hydrogens (tertiary/aromatic N) is 1. The van der Waals surface area contributed by atoms with Crippen LogP contribution >= 0.6 is 0 Å². The van der Waals surface area contributed by atoms with E-state index in [-0.39, 0.29) is 0 Å². The third-order valence-electron chi connectivity index (χ3n) is 2.89. The number of rotatable bonds is 2. The van der Waals surface area contributed by atoms with Gasteiger partial charge >= 0.3 is 6.18 Å². The molecule has 0 fully saturated rings. The molecule has 1 aromatic heterocycles. The Kier molecular flexibility index (Phi) is 3.46. The van der Waals surface area contributed by atoms with Crippen LogP contribution in [0.5, 0.6) is 0 Å². The van der Waals surface area contributed by atoms with Crippen LogP contribution in [0.3, 0.4) is 0 Å². The summed E-state index contributed by atoms with van der Waals surface area (Å²) in [5.74, 6) is 0.368. The monoisotopic (exact) mass is 266 g/mol. The summed E-state index contributed by atoms with van der Waals surface area (Å²) in [5, 5.41) is 0. The van der Waals surface area contributed by atoms with E-state index < -0.39 is 11.7 Å². The van der Waals surface area contributed by atoms with Crippen molar-refractivity contribution >= 4 is 5.82 Å². The maximum absolute atomic E-state index is 12.7. The van der Waals surface area contributed by atoms with Crippen LogP contribution in [0.15, 0.2) is 36.5 Å². The molecule has 0 amide bonds. The summed E-state index contributed by atoms with van der Waals surface area (Å²) in [6.07, 6.45) is -2.15. The third kappa shape index (κ3) is 2.86. The predicted molar refractivity (Wildman–Crippen MR) is 68.5 cm³/mol. The molecule has 0 unspecified atom stereocenters. The van der Waals surface area contributed by atoms with Crippen molar-refractivity contribution in [1.29, 1.82) is 0 Å². The molecule has 2 nitrogen and oxygen atoms in total. The van der Waals surface area contributed by atoms with E-state index in [9.17, 15) is 13.2 Å². The van der Waals surface area contributed by atoms with Crippen LogP contribution in [0.1, 0.15) is 18.1 Å². The van der Waals surface area contributed by atoms with Crippen LogP contribution in [0.2, 0.25) is 0 Å². The second kappa shape index (κ2) is 4.91. The highest BCUT2D eigenvalue weighted by molar-refractivity contribution is 5.68. The minimum absolute atomic E-state index is 0.368. The molecule has 1 aromatic carbocycles. The van der Waals surface area contributed by atoms with E-state index >= 15 is 0 Å². The number of hydrogen-bond donors (Lipinski definition) is 1. The van der Waals surface area contributed by atoms with E-state index in [4.69, 9.17) is 5.73 Å². The molecule has 0 atom stereocenters. The molecule has 1 heterocycles. The van der Waals surface area contributed by atoms with E-state index in [0.29, 0.717) is 23.4 Å². The fourth-order valence-electron chi connectivity index (χ4n) is 1.93. The van der Waals surface area contributed by atoms with Crippen LogP contribution in [0, 0.1) is 0 Å². The van der Waals surface area contributed by atoms with Crippen molar-refractivity contribution in [3.8, 4) is 11.1 Å². The van der Waals surface area contributed by atoms with Gasteiger partial charge < -0.3 is 5.73 Å². The van der Waals surface area contributed by atoms with E-state index in [1.807, 2.05) is 6.92 Å². The number of hydrogen-bond acceptors (Lipinski definition) is 2. The molecule has 0 aliphatic carbocycles. The van der Waals surface area contributed by atoms with Gasteiger partial charge in [0.25, 0.3) is 0 Å². The first-order valence-corrected chi connectivity index (χ1v) is 5.84. The van der Waals surface area contributed by atoms with E-state index in [1.165, 1.54) is 12.3 Å². The van der Waals surface area contributed by atoms with Gasteiger partial charge in [-0.3, -0.25) is 0 Å². The highest BCUT2D eigenvalue weighted by Crippen LogP contribution is 2.33. The van der Waals surface area contributed by atoms with Crippen LogP contribution in [0.25, 0.3) is 11.1 Å². The topological polar surface area (TPSA) is 38.9 Å². The summed E-state index contributed by atoms with van der Waals surface area (Å²) in [6, 6.07) is 6.91. The lowest BCUT2D eigenvalue weighted by atomic mass is 9.98. The Morgan fingerprint density at radius 1 is 1.21 bits per heavy atom. The molecule has 0 bridgehead atoms. The molecule has 19 heavy (non-hydrogen) atoms. The molecule has 2 aromatic rings. The van der Waals surface area contributed by atoms with Crippen molar-refractivity contribution in [2.24, 2.45) is 0 Å². The number of benzene rings is 1. The van der Waals surface area contributed by atoms with Crippen molar-refractivity contribution in [3.05, 3.63) is 47.7 Å². The molecule has 100 valence electrons. The zero-order chi connectivity index (χ0) is 14.0. The summed E-state index contributed by atoms with van der Waals surface area (Å²) in [5.41, 5.74) is 6.99. The van der Waals surface area contributed by atoms with Crippen LogP contribution in [0.4, 0.5) is 19.0 Å². The molecule has 2 rings (SSSR count). The molecular formula is C14H13F3N2. The van der Waals surface area contributed by atoms with Gasteiger partial charge in [-0.15, -0.1) is 0 Å². The molecule has 5 heteroatoms. The Morgan fingerprint density at radius 2 is 1.95 bits per heavy atom. The number of anilines is 1. The van der Waals surface area contributed by atoms with Crippen molar-refractivity contribution in [2.75, 3.05) is 5.73 Å². The summed E-state index contributed by atoms with van der Waals surface area (Å²) in [4.78, 5) is 3.95. The summed E-state index contributed by atoms with van der Waals surface area (Å²) < 4.78 is 38.1. The SMILES string of the molecule is CCc1cc(N)ncc1-c1cccc(C(F)(F)F)c1. The maximum Gasteiger partial charge on any atom is 0.416 e. The number of alkyl halides is 3. The van der Waals surface area contributed by atoms with Gasteiger partial charge in [-0.1, -0.05) is 19.1 Å². The second-order valence-electron chi connectivity index (χ2n) is 4.20. The lowest BCUT2D eigenvalue weighted by molar-refractivity contribution is -0.137. The smallest absolute Gasteiger partial charge is 0.384 e. The highest BCUT2D eigenvalue weighted by atomic mass is 19.4. The number of aromatic nitrogens is 1. The average Bonchev–Trinajstić information content (AvgIpc) is 2.37. The first kappa shape index (κ1) is 13.4. The molecule has 0 radical (unpaired) electrons. The first-order valence-electron chi connectivity index (χ1n) is 5.84. The standard InChI is InChI=1S/C14H13F3N2/c1-2-9-7-13(18)19-8-12(9)10-4-3-5-11(6-10)14(15,16)17/h3-8H,2H2,1H3,(H2,18,19). The Morgan fingerprint density at radius 3 is 2.58 bits per heavy atom. The normalized spacial score (nSPS) is 11.6. The van der Waals surface area contributed by atoms with Gasteiger partial charge in [0.1, 0.15) is 5.82 Å². The van der Waals surface area contributed by atoms with Gasteiger partial charge in [-0.25, -0.2) is 4.98 Å². The predicted octanol–water partition coefficient (Wildman–Crippen LogP) is 3.91. The van der Waals surface area contributed by atoms with E-state index in [0.717, 1.165) is 17.7 Å². The molecule has 2 N–H and O–H groups in total. The molecule has 0 spiro atoms. The Hall–Kier alpha value is -2.04. The molecule has 0 saturated heterocycles. The molecule has 0 saturated carbocycles. The van der Waals surface area contributed by atoms with Gasteiger partial charge in [0, 0.05) is 11.8 Å². The summed E-state index contributed by atoms with van der Waals surface area (Å²) in [6.45, 7) is 1.92. The van der Waals surface area contributed by atoms with Crippen molar-refractivity contribution < 1.29 is 13.2 Å². The van der Waals surface area contributed by atoms with Gasteiger partial charge in [0.05, 0.1) is 5.56 Å². The average molecular weight is 266 g/mol. The quantitative estimate of drug-likeness (QED) is 0.895. The zero-order valence-electron chi connectivity index (χ0n) is 10.3.